The van der Waals surface area contributed by atoms with E-state index in [4.69, 9.17) is 17.0 Å². The van der Waals surface area contributed by atoms with Gasteiger partial charge in [-0.3, -0.25) is 9.69 Å². The van der Waals surface area contributed by atoms with E-state index in [1.54, 1.807) is 11.0 Å². The van der Waals surface area contributed by atoms with Gasteiger partial charge in [0, 0.05) is 5.54 Å². The summed E-state index contributed by atoms with van der Waals surface area (Å²) in [6.07, 6.45) is 3.56. The molecule has 0 N–H and O–H groups in total. The van der Waals surface area contributed by atoms with Crippen LogP contribution in [-0.4, -0.2) is 27.3 Å². The van der Waals surface area contributed by atoms with Gasteiger partial charge in [-0.1, -0.05) is 48.8 Å². The summed E-state index contributed by atoms with van der Waals surface area (Å²) in [5.74, 6) is 0.744. The smallest absolute Gasteiger partial charge is 0.266 e. The van der Waals surface area contributed by atoms with Crippen molar-refractivity contribution in [1.82, 2.24) is 4.90 Å². The Bertz CT molecular complexity index is 627. The lowest BCUT2D eigenvalue weighted by molar-refractivity contribution is -0.125. The van der Waals surface area contributed by atoms with Crippen LogP contribution in [0, 0.1) is 0 Å². The molecule has 2 rings (SSSR count). The lowest BCUT2D eigenvalue weighted by Gasteiger charge is -2.30. The summed E-state index contributed by atoms with van der Waals surface area (Å²) in [6, 6.07) is 7.59. The van der Waals surface area contributed by atoms with E-state index in [1.165, 1.54) is 11.8 Å². The second kappa shape index (κ2) is 6.67. The molecule has 5 heteroatoms. The third kappa shape index (κ3) is 3.78. The molecule has 0 unspecified atom stereocenters. The van der Waals surface area contributed by atoms with E-state index >= 15 is 0 Å². The number of benzene rings is 1. The Morgan fingerprint density at radius 3 is 2.45 bits per heavy atom. The summed E-state index contributed by atoms with van der Waals surface area (Å²) in [6.45, 7) is 10.0. The van der Waals surface area contributed by atoms with Gasteiger partial charge in [0.05, 0.1) is 4.91 Å². The van der Waals surface area contributed by atoms with E-state index in [0.29, 0.717) is 15.8 Å². The summed E-state index contributed by atoms with van der Waals surface area (Å²) in [5, 5.41) is 0. The Labute approximate surface area is 141 Å². The maximum atomic E-state index is 12.5. The average molecular weight is 333 g/mol. The van der Waals surface area contributed by atoms with Crippen LogP contribution in [0.15, 0.2) is 41.8 Å². The van der Waals surface area contributed by atoms with E-state index in [0.717, 1.165) is 11.3 Å². The van der Waals surface area contributed by atoms with Gasteiger partial charge in [-0.2, -0.15) is 0 Å². The van der Waals surface area contributed by atoms with Crippen LogP contribution < -0.4 is 4.74 Å². The number of thiocarbonyl (C=S) groups is 1. The maximum Gasteiger partial charge on any atom is 0.266 e. The monoisotopic (exact) mass is 333 g/mol. The van der Waals surface area contributed by atoms with Gasteiger partial charge in [-0.15, -0.1) is 0 Å². The molecule has 1 aliphatic rings. The fraction of sp³-hybridized carbons (Fsp3) is 0.294. The fourth-order valence-corrected chi connectivity index (χ4v) is 3.65. The molecular formula is C17H19NO2S2. The van der Waals surface area contributed by atoms with Gasteiger partial charge in [0.1, 0.15) is 16.7 Å². The third-order valence-electron chi connectivity index (χ3n) is 3.01. The Hall–Kier alpha value is -1.59. The number of carbonyl (C=O) groups excluding carboxylic acids is 1. The highest BCUT2D eigenvalue weighted by molar-refractivity contribution is 8.26. The zero-order chi connectivity index (χ0) is 16.3. The summed E-state index contributed by atoms with van der Waals surface area (Å²) in [4.78, 5) is 14.8. The van der Waals surface area contributed by atoms with E-state index in [-0.39, 0.29) is 11.4 Å². The molecule has 3 nitrogen and oxygen atoms in total. The number of rotatable bonds is 4. The minimum atomic E-state index is -0.306. The molecule has 0 saturated carbocycles. The van der Waals surface area contributed by atoms with Crippen LogP contribution in [0.25, 0.3) is 6.08 Å². The van der Waals surface area contributed by atoms with Gasteiger partial charge >= 0.3 is 0 Å². The average Bonchev–Trinajstić information content (AvgIpc) is 2.72. The molecule has 1 saturated heterocycles. The summed E-state index contributed by atoms with van der Waals surface area (Å²) in [5.41, 5.74) is 0.638. The first-order valence-electron chi connectivity index (χ1n) is 6.95. The van der Waals surface area contributed by atoms with E-state index < -0.39 is 0 Å². The topological polar surface area (TPSA) is 29.5 Å². The van der Waals surface area contributed by atoms with Crippen LogP contribution in [-0.2, 0) is 4.79 Å². The molecule has 1 aromatic carbocycles. The molecule has 1 fully saturated rings. The van der Waals surface area contributed by atoms with E-state index in [9.17, 15) is 4.79 Å². The van der Waals surface area contributed by atoms with Crippen molar-refractivity contribution in [3.63, 3.8) is 0 Å². The predicted molar refractivity (Wildman–Crippen MR) is 96.9 cm³/mol. The lowest BCUT2D eigenvalue weighted by Crippen LogP contribution is -2.44. The second-order valence-corrected chi connectivity index (χ2v) is 7.53. The molecule has 1 aromatic rings. The van der Waals surface area contributed by atoms with Crippen molar-refractivity contribution in [2.45, 2.75) is 26.3 Å². The molecule has 1 aliphatic heterocycles. The molecule has 0 aromatic heterocycles. The van der Waals surface area contributed by atoms with Gasteiger partial charge in [-0.25, -0.2) is 0 Å². The fourth-order valence-electron chi connectivity index (χ4n) is 2.01. The summed E-state index contributed by atoms with van der Waals surface area (Å²) >= 11 is 6.67. The zero-order valence-electron chi connectivity index (χ0n) is 13.0. The molecular weight excluding hydrogens is 314 g/mol. The molecule has 1 heterocycles. The van der Waals surface area contributed by atoms with Gasteiger partial charge in [0.2, 0.25) is 0 Å². The quantitative estimate of drug-likeness (QED) is 0.468. The molecule has 1 amide bonds. The molecule has 116 valence electrons. The first-order valence-corrected chi connectivity index (χ1v) is 8.17. The van der Waals surface area contributed by atoms with E-state index in [1.807, 2.05) is 51.1 Å². The molecule has 0 aliphatic carbocycles. The minimum absolute atomic E-state index is 0.0329. The van der Waals surface area contributed by atoms with Crippen LogP contribution in [0.3, 0.4) is 0 Å². The van der Waals surface area contributed by atoms with Crippen molar-refractivity contribution in [3.8, 4) is 5.75 Å². The Morgan fingerprint density at radius 1 is 1.32 bits per heavy atom. The number of ether oxygens (including phenoxy) is 1. The predicted octanol–water partition coefficient (Wildman–Crippen LogP) is 4.25. The van der Waals surface area contributed by atoms with Crippen molar-refractivity contribution < 1.29 is 9.53 Å². The number of carbonyl (C=O) groups is 1. The highest BCUT2D eigenvalue weighted by Crippen LogP contribution is 2.36. The normalized spacial score (nSPS) is 17.2. The van der Waals surface area contributed by atoms with Gasteiger partial charge in [0.15, 0.2) is 0 Å². The van der Waals surface area contributed by atoms with Crippen molar-refractivity contribution >= 4 is 40.3 Å². The van der Waals surface area contributed by atoms with Crippen LogP contribution in [0.2, 0.25) is 0 Å². The minimum Gasteiger partial charge on any atom is -0.490 e. The Balaban J connectivity index is 2.18. The van der Waals surface area contributed by atoms with Crippen molar-refractivity contribution in [2.24, 2.45) is 0 Å². The number of hydrogen-bond acceptors (Lipinski definition) is 4. The van der Waals surface area contributed by atoms with Crippen LogP contribution in [0.5, 0.6) is 5.75 Å². The van der Waals surface area contributed by atoms with Crippen molar-refractivity contribution in [2.75, 3.05) is 6.61 Å². The summed E-state index contributed by atoms with van der Waals surface area (Å²) in [7, 11) is 0. The molecule has 0 atom stereocenters. The largest absolute Gasteiger partial charge is 0.490 e. The second-order valence-electron chi connectivity index (χ2n) is 5.86. The zero-order valence-corrected chi connectivity index (χ0v) is 14.6. The van der Waals surface area contributed by atoms with Crippen LogP contribution in [0.1, 0.15) is 26.3 Å². The first-order chi connectivity index (χ1) is 10.3. The molecule has 0 spiro atoms. The van der Waals surface area contributed by atoms with Crippen LogP contribution >= 0.6 is 24.0 Å². The first kappa shape index (κ1) is 16.8. The van der Waals surface area contributed by atoms with Gasteiger partial charge in [0.25, 0.3) is 5.91 Å². The number of nitrogens with zero attached hydrogens (tertiary/aromatic N) is 1. The number of thioether (sulfide) groups is 1. The third-order valence-corrected chi connectivity index (χ3v) is 4.31. The highest BCUT2D eigenvalue weighted by Gasteiger charge is 2.38. The lowest BCUT2D eigenvalue weighted by atomic mass is 10.1. The Morgan fingerprint density at radius 2 is 1.95 bits per heavy atom. The van der Waals surface area contributed by atoms with Crippen molar-refractivity contribution in [3.05, 3.63) is 47.4 Å². The van der Waals surface area contributed by atoms with Gasteiger partial charge in [-0.05, 0) is 44.5 Å². The van der Waals surface area contributed by atoms with Crippen molar-refractivity contribution in [1.29, 1.82) is 0 Å². The number of amides is 1. The van der Waals surface area contributed by atoms with E-state index in [2.05, 4.69) is 6.58 Å². The molecule has 22 heavy (non-hydrogen) atoms. The Kier molecular flexibility index (Phi) is 5.08. The van der Waals surface area contributed by atoms with Gasteiger partial charge < -0.3 is 4.74 Å². The summed E-state index contributed by atoms with van der Waals surface area (Å²) < 4.78 is 6.05. The highest BCUT2D eigenvalue weighted by atomic mass is 32.2. The molecule has 0 bridgehead atoms. The molecule has 0 radical (unpaired) electrons. The standard InChI is InChI=1S/C17H19NO2S2/c1-5-10-20-13-8-6-12(7-9-13)11-14-15(19)18(16(21)22-14)17(2,3)4/h5-9,11H,1,10H2,2-4H3. The maximum absolute atomic E-state index is 12.5. The SMILES string of the molecule is C=CCOc1ccc(C=C2SC(=S)N(C(C)(C)C)C2=O)cc1. The van der Waals surface area contributed by atoms with Crippen LogP contribution in [0.4, 0.5) is 0 Å². The number of hydrogen-bond donors (Lipinski definition) is 0.